The zero-order chi connectivity index (χ0) is 14.6. The first-order valence-electron chi connectivity index (χ1n) is 5.86. The van der Waals surface area contributed by atoms with E-state index in [2.05, 4.69) is 0 Å². The van der Waals surface area contributed by atoms with Crippen molar-refractivity contribution < 1.29 is 22.4 Å². The summed E-state index contributed by atoms with van der Waals surface area (Å²) in [6.45, 7) is 2.32. The third-order valence-corrected chi connectivity index (χ3v) is 3.76. The first-order valence-corrected chi connectivity index (χ1v) is 7.35. The average Bonchev–Trinajstić information content (AvgIpc) is 2.93. The second kappa shape index (κ2) is 5.79. The van der Waals surface area contributed by atoms with Gasteiger partial charge in [-0.2, -0.15) is 0 Å². The Bertz CT molecular complexity index is 674. The molecule has 0 bridgehead atoms. The van der Waals surface area contributed by atoms with Gasteiger partial charge in [0.25, 0.3) is 10.0 Å². The maximum atomic E-state index is 12.0. The SMILES string of the molecule is CCOc1ccc(S(=O)(=O)NC(=O)c2ccco2)cc1. The Kier molecular flexibility index (Phi) is 4.09. The molecule has 1 aromatic carbocycles. The minimum Gasteiger partial charge on any atom is -0.494 e. The van der Waals surface area contributed by atoms with Crippen LogP contribution in [0.3, 0.4) is 0 Å². The normalized spacial score (nSPS) is 11.1. The van der Waals surface area contributed by atoms with Gasteiger partial charge in [0.15, 0.2) is 5.76 Å². The predicted octanol–water partition coefficient (Wildman–Crippen LogP) is 1.80. The highest BCUT2D eigenvalue weighted by Crippen LogP contribution is 2.16. The van der Waals surface area contributed by atoms with E-state index in [1.807, 2.05) is 11.6 Å². The van der Waals surface area contributed by atoms with Crippen molar-refractivity contribution in [1.29, 1.82) is 0 Å². The third kappa shape index (κ3) is 3.18. The molecule has 2 aromatic rings. The molecule has 1 heterocycles. The summed E-state index contributed by atoms with van der Waals surface area (Å²) in [6.07, 6.45) is 1.29. The fourth-order valence-corrected chi connectivity index (χ4v) is 2.48. The molecule has 0 aliphatic rings. The summed E-state index contributed by atoms with van der Waals surface area (Å²) in [7, 11) is -3.93. The van der Waals surface area contributed by atoms with E-state index in [1.165, 1.54) is 42.7 Å². The van der Waals surface area contributed by atoms with Crippen LogP contribution in [0.5, 0.6) is 5.75 Å². The molecule has 106 valence electrons. The molecule has 0 atom stereocenters. The van der Waals surface area contributed by atoms with E-state index in [1.54, 1.807) is 0 Å². The van der Waals surface area contributed by atoms with E-state index < -0.39 is 15.9 Å². The van der Waals surface area contributed by atoms with Gasteiger partial charge in [-0.15, -0.1) is 0 Å². The molecular weight excluding hydrogens is 282 g/mol. The average molecular weight is 295 g/mol. The van der Waals surface area contributed by atoms with Crippen LogP contribution in [0.4, 0.5) is 0 Å². The molecule has 1 aromatic heterocycles. The van der Waals surface area contributed by atoms with Crippen molar-refractivity contribution in [1.82, 2.24) is 4.72 Å². The van der Waals surface area contributed by atoms with Gasteiger partial charge in [-0.05, 0) is 43.3 Å². The lowest BCUT2D eigenvalue weighted by Gasteiger charge is -2.07. The maximum absolute atomic E-state index is 12.0. The highest BCUT2D eigenvalue weighted by molar-refractivity contribution is 7.90. The summed E-state index contributed by atoms with van der Waals surface area (Å²) in [5, 5.41) is 0. The second-order valence-electron chi connectivity index (χ2n) is 3.82. The number of ether oxygens (including phenoxy) is 1. The Morgan fingerprint density at radius 3 is 2.50 bits per heavy atom. The number of carbonyl (C=O) groups excluding carboxylic acids is 1. The monoisotopic (exact) mass is 295 g/mol. The van der Waals surface area contributed by atoms with Gasteiger partial charge in [0.05, 0.1) is 17.8 Å². The molecule has 20 heavy (non-hydrogen) atoms. The Morgan fingerprint density at radius 1 is 1.25 bits per heavy atom. The van der Waals surface area contributed by atoms with Gasteiger partial charge < -0.3 is 9.15 Å². The largest absolute Gasteiger partial charge is 0.494 e. The van der Waals surface area contributed by atoms with Gasteiger partial charge in [-0.3, -0.25) is 4.79 Å². The zero-order valence-electron chi connectivity index (χ0n) is 10.7. The summed E-state index contributed by atoms with van der Waals surface area (Å²) in [5.74, 6) is -0.327. The summed E-state index contributed by atoms with van der Waals surface area (Å²) in [5.41, 5.74) is 0. The number of benzene rings is 1. The maximum Gasteiger partial charge on any atom is 0.300 e. The van der Waals surface area contributed by atoms with Gasteiger partial charge >= 0.3 is 5.91 Å². The summed E-state index contributed by atoms with van der Waals surface area (Å²) >= 11 is 0. The lowest BCUT2D eigenvalue weighted by atomic mass is 10.3. The number of hydrogen-bond donors (Lipinski definition) is 1. The van der Waals surface area contributed by atoms with E-state index in [-0.39, 0.29) is 10.7 Å². The number of furan rings is 1. The Hall–Kier alpha value is -2.28. The van der Waals surface area contributed by atoms with E-state index >= 15 is 0 Å². The standard InChI is InChI=1S/C13H13NO5S/c1-2-18-10-5-7-11(8-6-10)20(16,17)14-13(15)12-4-3-9-19-12/h3-9H,2H2,1H3,(H,14,15). The molecule has 1 N–H and O–H groups in total. The highest BCUT2D eigenvalue weighted by Gasteiger charge is 2.20. The quantitative estimate of drug-likeness (QED) is 0.909. The zero-order valence-corrected chi connectivity index (χ0v) is 11.5. The summed E-state index contributed by atoms with van der Waals surface area (Å²) in [6, 6.07) is 8.65. The molecule has 0 saturated carbocycles. The lowest BCUT2D eigenvalue weighted by molar-refractivity contribution is 0.0954. The van der Waals surface area contributed by atoms with Gasteiger partial charge in [0.1, 0.15) is 5.75 Å². The van der Waals surface area contributed by atoms with Gasteiger partial charge in [-0.1, -0.05) is 0 Å². The third-order valence-electron chi connectivity index (χ3n) is 2.42. The van der Waals surface area contributed by atoms with Crippen LogP contribution in [0.15, 0.2) is 52.0 Å². The molecule has 7 heteroatoms. The lowest BCUT2D eigenvalue weighted by Crippen LogP contribution is -2.30. The van der Waals surface area contributed by atoms with Crippen molar-refractivity contribution in [2.24, 2.45) is 0 Å². The summed E-state index contributed by atoms with van der Waals surface area (Å²) in [4.78, 5) is 11.6. The van der Waals surface area contributed by atoms with Crippen LogP contribution in [-0.2, 0) is 10.0 Å². The van der Waals surface area contributed by atoms with E-state index in [9.17, 15) is 13.2 Å². The minimum atomic E-state index is -3.93. The molecule has 6 nitrogen and oxygen atoms in total. The van der Waals surface area contributed by atoms with Crippen molar-refractivity contribution in [3.8, 4) is 5.75 Å². The number of hydrogen-bond acceptors (Lipinski definition) is 5. The summed E-state index contributed by atoms with van der Waals surface area (Å²) < 4.78 is 36.0. The van der Waals surface area contributed by atoms with Crippen LogP contribution in [0.25, 0.3) is 0 Å². The Morgan fingerprint density at radius 2 is 1.95 bits per heavy atom. The molecule has 1 amide bonds. The van der Waals surface area contributed by atoms with Crippen LogP contribution in [0, 0.1) is 0 Å². The van der Waals surface area contributed by atoms with Crippen molar-refractivity contribution in [3.63, 3.8) is 0 Å². The molecule has 0 spiro atoms. The number of rotatable bonds is 5. The molecule has 0 aliphatic heterocycles. The molecular formula is C13H13NO5S. The Balaban J connectivity index is 2.16. The molecule has 0 radical (unpaired) electrons. The van der Waals surface area contributed by atoms with Gasteiger partial charge in [0, 0.05) is 0 Å². The van der Waals surface area contributed by atoms with E-state index in [0.717, 1.165) is 0 Å². The van der Waals surface area contributed by atoms with Crippen molar-refractivity contribution >= 4 is 15.9 Å². The molecule has 0 aliphatic carbocycles. The van der Waals surface area contributed by atoms with E-state index in [4.69, 9.17) is 9.15 Å². The topological polar surface area (TPSA) is 85.6 Å². The molecule has 0 fully saturated rings. The van der Waals surface area contributed by atoms with Crippen LogP contribution in [0.1, 0.15) is 17.5 Å². The van der Waals surface area contributed by atoms with Crippen LogP contribution < -0.4 is 9.46 Å². The fraction of sp³-hybridized carbons (Fsp3) is 0.154. The van der Waals surface area contributed by atoms with E-state index in [0.29, 0.717) is 12.4 Å². The molecule has 0 unspecified atom stereocenters. The van der Waals surface area contributed by atoms with Gasteiger partial charge in [-0.25, -0.2) is 13.1 Å². The minimum absolute atomic E-state index is 0.0270. The van der Waals surface area contributed by atoms with Gasteiger partial charge in [0.2, 0.25) is 0 Å². The van der Waals surface area contributed by atoms with Crippen LogP contribution >= 0.6 is 0 Å². The highest BCUT2D eigenvalue weighted by atomic mass is 32.2. The van der Waals surface area contributed by atoms with Crippen molar-refractivity contribution in [2.75, 3.05) is 6.61 Å². The van der Waals surface area contributed by atoms with Crippen molar-refractivity contribution in [2.45, 2.75) is 11.8 Å². The number of amides is 1. The molecule has 0 saturated heterocycles. The number of nitrogens with one attached hydrogen (secondary N) is 1. The first-order chi connectivity index (χ1) is 9.53. The first kappa shape index (κ1) is 14.1. The smallest absolute Gasteiger partial charge is 0.300 e. The fourth-order valence-electron chi connectivity index (χ4n) is 1.52. The molecule has 2 rings (SSSR count). The predicted molar refractivity (Wildman–Crippen MR) is 71.0 cm³/mol. The van der Waals surface area contributed by atoms with Crippen LogP contribution in [0.2, 0.25) is 0 Å². The number of sulfonamides is 1. The second-order valence-corrected chi connectivity index (χ2v) is 5.50. The van der Waals surface area contributed by atoms with Crippen molar-refractivity contribution in [3.05, 3.63) is 48.4 Å². The number of carbonyl (C=O) groups is 1. The van der Waals surface area contributed by atoms with Crippen LogP contribution in [-0.4, -0.2) is 20.9 Å². The Labute approximate surface area is 116 Å².